The molecule has 0 amide bonds. The van der Waals surface area contributed by atoms with Gasteiger partial charge in [-0.2, -0.15) is 0 Å². The van der Waals surface area contributed by atoms with Crippen LogP contribution in [0.3, 0.4) is 0 Å². The molecule has 52 valence electrons. The zero-order valence-corrected chi connectivity index (χ0v) is 6.56. The van der Waals surface area contributed by atoms with Crippen molar-refractivity contribution in [3.05, 3.63) is 24.0 Å². The Bertz CT molecular complexity index is 264. The molecule has 10 heavy (non-hydrogen) atoms. The molecule has 1 N–H and O–H groups in total. The van der Waals surface area contributed by atoms with Gasteiger partial charge in [0, 0.05) is 15.9 Å². The third-order valence-corrected chi connectivity index (χ3v) is 3.18. The molecule has 1 aliphatic heterocycles. The molecule has 1 nitrogen and oxygen atoms in total. The number of rotatable bonds is 0. The fraction of sp³-hybridized carbons (Fsp3) is 0. The van der Waals surface area contributed by atoms with Crippen molar-refractivity contribution < 1.29 is 4.39 Å². The molecule has 0 saturated carbocycles. The Hall–Kier alpha value is -0.350. The van der Waals surface area contributed by atoms with Gasteiger partial charge in [-0.3, -0.25) is 0 Å². The van der Waals surface area contributed by atoms with E-state index in [9.17, 15) is 4.39 Å². The lowest BCUT2D eigenvalue weighted by atomic mass is 10.3. The molecule has 0 atom stereocenters. The Balaban J connectivity index is 2.59. The standard InChI is InChI=1S/C6H4FNS2/c7-4-2-1-3-5-6(4)8-10-9-5/h1-3,8H. The van der Waals surface area contributed by atoms with Crippen LogP contribution in [0.5, 0.6) is 0 Å². The molecule has 0 saturated heterocycles. The van der Waals surface area contributed by atoms with Gasteiger partial charge in [-0.15, -0.1) is 0 Å². The summed E-state index contributed by atoms with van der Waals surface area (Å²) in [5.41, 5.74) is 0.623. The van der Waals surface area contributed by atoms with Gasteiger partial charge in [-0.1, -0.05) is 6.07 Å². The van der Waals surface area contributed by atoms with Gasteiger partial charge in [0.25, 0.3) is 0 Å². The monoisotopic (exact) mass is 173 g/mol. The highest BCUT2D eigenvalue weighted by Gasteiger charge is 2.14. The van der Waals surface area contributed by atoms with Gasteiger partial charge in [0.15, 0.2) is 0 Å². The number of para-hydroxylation sites is 1. The van der Waals surface area contributed by atoms with E-state index in [0.29, 0.717) is 5.69 Å². The zero-order chi connectivity index (χ0) is 6.97. The van der Waals surface area contributed by atoms with Crippen molar-refractivity contribution in [2.45, 2.75) is 4.90 Å². The minimum Gasteiger partial charge on any atom is -0.317 e. The number of hydrogen-bond acceptors (Lipinski definition) is 3. The number of halogens is 1. The second-order valence-electron chi connectivity index (χ2n) is 1.88. The van der Waals surface area contributed by atoms with Crippen molar-refractivity contribution >= 4 is 27.5 Å². The summed E-state index contributed by atoms with van der Waals surface area (Å²) >= 11 is 0. The highest BCUT2D eigenvalue weighted by Crippen LogP contribution is 2.45. The summed E-state index contributed by atoms with van der Waals surface area (Å²) in [5, 5.41) is 0. The Morgan fingerprint density at radius 2 is 2.30 bits per heavy atom. The van der Waals surface area contributed by atoms with E-state index in [1.54, 1.807) is 16.9 Å². The molecule has 0 unspecified atom stereocenters. The largest absolute Gasteiger partial charge is 0.317 e. The van der Waals surface area contributed by atoms with Crippen molar-refractivity contribution in [2.75, 3.05) is 4.72 Å². The maximum Gasteiger partial charge on any atom is 0.148 e. The van der Waals surface area contributed by atoms with Crippen molar-refractivity contribution in [3.63, 3.8) is 0 Å². The molecule has 0 aromatic heterocycles. The normalized spacial score (nSPS) is 14.5. The maximum atomic E-state index is 12.8. The summed E-state index contributed by atoms with van der Waals surface area (Å²) in [4.78, 5) is 0.977. The van der Waals surface area contributed by atoms with Crippen LogP contribution in [0.2, 0.25) is 0 Å². The third kappa shape index (κ3) is 0.876. The van der Waals surface area contributed by atoms with Crippen LogP contribution in [0.15, 0.2) is 23.1 Å². The minimum absolute atomic E-state index is 0.171. The van der Waals surface area contributed by atoms with E-state index in [-0.39, 0.29) is 5.82 Å². The van der Waals surface area contributed by atoms with Gasteiger partial charge in [0.2, 0.25) is 0 Å². The van der Waals surface area contributed by atoms with Gasteiger partial charge in [0.1, 0.15) is 5.82 Å². The van der Waals surface area contributed by atoms with Gasteiger partial charge >= 0.3 is 0 Å². The molecule has 1 heterocycles. The topological polar surface area (TPSA) is 12.0 Å². The summed E-state index contributed by atoms with van der Waals surface area (Å²) in [5.74, 6) is -0.171. The first kappa shape index (κ1) is 6.37. The van der Waals surface area contributed by atoms with Gasteiger partial charge in [-0.05, 0) is 22.9 Å². The van der Waals surface area contributed by atoms with Gasteiger partial charge < -0.3 is 4.72 Å². The fourth-order valence-electron chi connectivity index (χ4n) is 0.780. The van der Waals surface area contributed by atoms with E-state index in [2.05, 4.69) is 4.72 Å². The van der Waals surface area contributed by atoms with Gasteiger partial charge in [0.05, 0.1) is 5.69 Å². The van der Waals surface area contributed by atoms with Crippen LogP contribution in [0.4, 0.5) is 10.1 Å². The predicted octanol–water partition coefficient (Wildman–Crippen LogP) is 2.91. The van der Waals surface area contributed by atoms with E-state index < -0.39 is 0 Å². The number of hydrogen-bond donors (Lipinski definition) is 1. The quantitative estimate of drug-likeness (QED) is 0.478. The predicted molar refractivity (Wildman–Crippen MR) is 43.5 cm³/mol. The van der Waals surface area contributed by atoms with Crippen LogP contribution < -0.4 is 4.72 Å². The molecule has 1 aliphatic rings. The number of anilines is 1. The first-order valence-corrected chi connectivity index (χ1v) is 4.91. The zero-order valence-electron chi connectivity index (χ0n) is 4.93. The summed E-state index contributed by atoms with van der Waals surface area (Å²) in [6, 6.07) is 5.07. The van der Waals surface area contributed by atoms with Crippen molar-refractivity contribution in [3.8, 4) is 0 Å². The lowest BCUT2D eigenvalue weighted by molar-refractivity contribution is 0.630. The third-order valence-electron chi connectivity index (χ3n) is 1.25. The minimum atomic E-state index is -0.171. The molecule has 0 fully saturated rings. The van der Waals surface area contributed by atoms with Crippen molar-refractivity contribution in [2.24, 2.45) is 0 Å². The number of fused-ring (bicyclic) bond motifs is 1. The van der Waals surface area contributed by atoms with E-state index in [4.69, 9.17) is 0 Å². The first-order chi connectivity index (χ1) is 4.88. The molecule has 0 bridgehead atoms. The van der Waals surface area contributed by atoms with Crippen LogP contribution >= 0.6 is 21.8 Å². The highest BCUT2D eigenvalue weighted by molar-refractivity contribution is 8.77. The SMILES string of the molecule is Fc1cccc2c1NSS2. The second-order valence-corrected chi connectivity index (χ2v) is 3.86. The van der Waals surface area contributed by atoms with E-state index >= 15 is 0 Å². The smallest absolute Gasteiger partial charge is 0.148 e. The average Bonchev–Trinajstić information content (AvgIpc) is 2.36. The lowest BCUT2D eigenvalue weighted by Crippen LogP contribution is -1.83. The van der Waals surface area contributed by atoms with Crippen LogP contribution in [0.25, 0.3) is 0 Å². The van der Waals surface area contributed by atoms with Crippen molar-refractivity contribution in [1.82, 2.24) is 0 Å². The molecule has 1 aromatic rings. The maximum absolute atomic E-state index is 12.8. The summed E-state index contributed by atoms with van der Waals surface area (Å²) in [6.07, 6.45) is 0. The molecule has 4 heteroatoms. The Morgan fingerprint density at radius 1 is 1.40 bits per heavy atom. The molecule has 0 aliphatic carbocycles. The Labute approximate surface area is 65.9 Å². The van der Waals surface area contributed by atoms with Gasteiger partial charge in [-0.25, -0.2) is 4.39 Å². The fourth-order valence-corrected chi connectivity index (χ4v) is 2.69. The summed E-state index contributed by atoms with van der Waals surface area (Å²) in [7, 11) is 2.99. The van der Waals surface area contributed by atoms with Crippen LogP contribution in [-0.2, 0) is 0 Å². The number of nitrogens with one attached hydrogen (secondary N) is 1. The van der Waals surface area contributed by atoms with E-state index in [1.807, 2.05) is 6.07 Å². The van der Waals surface area contributed by atoms with Crippen LogP contribution in [0, 0.1) is 5.82 Å². The Morgan fingerprint density at radius 3 is 3.10 bits per heavy atom. The molecular weight excluding hydrogens is 169 g/mol. The first-order valence-electron chi connectivity index (χ1n) is 2.76. The number of benzene rings is 1. The molecular formula is C6H4FNS2. The highest BCUT2D eigenvalue weighted by atomic mass is 33.1. The van der Waals surface area contributed by atoms with E-state index in [1.165, 1.54) is 17.0 Å². The lowest BCUT2D eigenvalue weighted by Gasteiger charge is -1.95. The second kappa shape index (κ2) is 2.36. The average molecular weight is 173 g/mol. The summed E-state index contributed by atoms with van der Waals surface area (Å²) < 4.78 is 15.7. The molecule has 2 rings (SSSR count). The molecule has 1 aromatic carbocycles. The Kier molecular flexibility index (Phi) is 1.50. The molecule has 0 radical (unpaired) electrons. The van der Waals surface area contributed by atoms with Crippen LogP contribution in [-0.4, -0.2) is 0 Å². The summed E-state index contributed by atoms with van der Waals surface area (Å²) in [6.45, 7) is 0. The van der Waals surface area contributed by atoms with E-state index in [0.717, 1.165) is 4.90 Å². The van der Waals surface area contributed by atoms with Crippen LogP contribution in [0.1, 0.15) is 0 Å². The molecule has 0 spiro atoms. The van der Waals surface area contributed by atoms with Crippen molar-refractivity contribution in [1.29, 1.82) is 0 Å².